The van der Waals surface area contributed by atoms with E-state index >= 15 is 0 Å². The molecular formula is C20H32N2O2. The normalized spacial score (nSPS) is 17.7. The minimum absolute atomic E-state index is 0.0116. The highest BCUT2D eigenvalue weighted by Crippen LogP contribution is 2.26. The highest BCUT2D eigenvalue weighted by atomic mass is 16.5. The van der Waals surface area contributed by atoms with E-state index in [2.05, 4.69) is 37.1 Å². The molecule has 24 heavy (non-hydrogen) atoms. The first-order chi connectivity index (χ1) is 11.5. The van der Waals surface area contributed by atoms with E-state index in [4.69, 9.17) is 4.74 Å². The lowest BCUT2D eigenvalue weighted by Crippen LogP contribution is -2.48. The first kappa shape index (κ1) is 18.8. The predicted octanol–water partition coefficient (Wildman–Crippen LogP) is 3.57. The molecule has 1 heterocycles. The van der Waals surface area contributed by atoms with Gasteiger partial charge in [-0.1, -0.05) is 39.0 Å². The van der Waals surface area contributed by atoms with Crippen LogP contribution in [0.5, 0.6) is 5.75 Å². The van der Waals surface area contributed by atoms with E-state index in [1.807, 2.05) is 25.1 Å². The van der Waals surface area contributed by atoms with Crippen LogP contribution in [0.2, 0.25) is 0 Å². The molecule has 0 bridgehead atoms. The number of ether oxygens (including phenoxy) is 1. The molecule has 1 fully saturated rings. The molecule has 4 nitrogen and oxygen atoms in total. The van der Waals surface area contributed by atoms with Crippen LogP contribution in [-0.2, 0) is 4.79 Å². The van der Waals surface area contributed by atoms with E-state index in [0.29, 0.717) is 5.92 Å². The number of benzene rings is 1. The Balaban J connectivity index is 1.85. The maximum atomic E-state index is 12.5. The Morgan fingerprint density at radius 2 is 1.92 bits per heavy atom. The van der Waals surface area contributed by atoms with Gasteiger partial charge in [0.25, 0.3) is 5.91 Å². The van der Waals surface area contributed by atoms with Gasteiger partial charge in [0, 0.05) is 19.1 Å². The van der Waals surface area contributed by atoms with Crippen molar-refractivity contribution in [1.82, 2.24) is 10.2 Å². The summed E-state index contributed by atoms with van der Waals surface area (Å²) in [6.45, 7) is 11.6. The van der Waals surface area contributed by atoms with Crippen molar-refractivity contribution in [3.8, 4) is 5.75 Å². The van der Waals surface area contributed by atoms with E-state index in [-0.39, 0.29) is 11.9 Å². The molecule has 1 N–H and O–H groups in total. The van der Waals surface area contributed by atoms with Crippen LogP contribution in [0, 0.1) is 0 Å². The van der Waals surface area contributed by atoms with Crippen LogP contribution in [-0.4, -0.2) is 42.6 Å². The summed E-state index contributed by atoms with van der Waals surface area (Å²) in [6, 6.07) is 8.25. The summed E-state index contributed by atoms with van der Waals surface area (Å²) in [5.74, 6) is 1.18. The fraction of sp³-hybridized carbons (Fsp3) is 0.650. The number of para-hydroxylation sites is 1. The van der Waals surface area contributed by atoms with Crippen molar-refractivity contribution in [2.75, 3.05) is 19.6 Å². The quantitative estimate of drug-likeness (QED) is 0.830. The summed E-state index contributed by atoms with van der Waals surface area (Å²) in [4.78, 5) is 14.9. The number of likely N-dealkylation sites (tertiary alicyclic amines) is 1. The molecule has 0 saturated carbocycles. The van der Waals surface area contributed by atoms with Gasteiger partial charge in [0.2, 0.25) is 0 Å². The van der Waals surface area contributed by atoms with Gasteiger partial charge in [0.1, 0.15) is 5.75 Å². The molecule has 1 saturated heterocycles. The Bertz CT molecular complexity index is 522. The Hall–Kier alpha value is -1.55. The number of nitrogens with zero attached hydrogens (tertiary/aromatic N) is 1. The van der Waals surface area contributed by atoms with E-state index < -0.39 is 6.10 Å². The third kappa shape index (κ3) is 5.23. The van der Waals surface area contributed by atoms with Crippen molar-refractivity contribution in [3.05, 3.63) is 29.8 Å². The molecule has 0 spiro atoms. The molecule has 1 aliphatic heterocycles. The van der Waals surface area contributed by atoms with Gasteiger partial charge >= 0.3 is 0 Å². The number of carbonyl (C=O) groups excluding carboxylic acids is 1. The fourth-order valence-corrected chi connectivity index (χ4v) is 3.24. The molecule has 1 aliphatic rings. The summed E-state index contributed by atoms with van der Waals surface area (Å²) in [5, 5.41) is 3.16. The van der Waals surface area contributed by atoms with Gasteiger partial charge in [-0.05, 0) is 50.3 Å². The maximum Gasteiger partial charge on any atom is 0.260 e. The topological polar surface area (TPSA) is 41.6 Å². The van der Waals surface area contributed by atoms with E-state index in [1.54, 1.807) is 0 Å². The standard InChI is InChI=1S/C20H32N2O2/c1-5-12-22-13-10-17(11-14-22)21-20(23)16(4)24-19-9-7-6-8-18(19)15(2)3/h6-9,15-17H,5,10-14H2,1-4H3,(H,21,23)/t16-/m1/s1. The van der Waals surface area contributed by atoms with E-state index in [0.717, 1.165) is 43.8 Å². The summed E-state index contributed by atoms with van der Waals surface area (Å²) < 4.78 is 5.95. The lowest BCUT2D eigenvalue weighted by Gasteiger charge is -2.32. The molecule has 4 heteroatoms. The average molecular weight is 332 g/mol. The zero-order chi connectivity index (χ0) is 17.5. The molecule has 134 valence electrons. The number of hydrogen-bond donors (Lipinski definition) is 1. The second-order valence-corrected chi connectivity index (χ2v) is 7.08. The van der Waals surface area contributed by atoms with Crippen molar-refractivity contribution in [3.63, 3.8) is 0 Å². The molecule has 0 unspecified atom stereocenters. The zero-order valence-electron chi connectivity index (χ0n) is 15.5. The van der Waals surface area contributed by atoms with Gasteiger partial charge < -0.3 is 15.0 Å². The monoisotopic (exact) mass is 332 g/mol. The van der Waals surface area contributed by atoms with Gasteiger partial charge in [0.05, 0.1) is 0 Å². The first-order valence-electron chi connectivity index (χ1n) is 9.29. The Labute approximate surface area is 146 Å². The molecule has 1 aromatic carbocycles. The Kier molecular flexibility index (Phi) is 7.10. The summed E-state index contributed by atoms with van der Waals surface area (Å²) >= 11 is 0. The molecular weight excluding hydrogens is 300 g/mol. The second-order valence-electron chi connectivity index (χ2n) is 7.08. The van der Waals surface area contributed by atoms with Crippen LogP contribution in [0.25, 0.3) is 0 Å². The summed E-state index contributed by atoms with van der Waals surface area (Å²) in [6.07, 6.45) is 2.78. The van der Waals surface area contributed by atoms with Crippen molar-refractivity contribution < 1.29 is 9.53 Å². The highest BCUT2D eigenvalue weighted by molar-refractivity contribution is 5.81. The molecule has 1 amide bonds. The Morgan fingerprint density at radius 1 is 1.25 bits per heavy atom. The van der Waals surface area contributed by atoms with Gasteiger partial charge in [0.15, 0.2) is 6.10 Å². The molecule has 0 radical (unpaired) electrons. The van der Waals surface area contributed by atoms with Crippen molar-refractivity contribution >= 4 is 5.91 Å². The number of hydrogen-bond acceptors (Lipinski definition) is 3. The lowest BCUT2D eigenvalue weighted by molar-refractivity contribution is -0.128. The lowest BCUT2D eigenvalue weighted by atomic mass is 10.0. The smallest absolute Gasteiger partial charge is 0.260 e. The number of carbonyl (C=O) groups is 1. The molecule has 1 aromatic rings. The van der Waals surface area contributed by atoms with Crippen molar-refractivity contribution in [1.29, 1.82) is 0 Å². The molecule has 0 aromatic heterocycles. The minimum Gasteiger partial charge on any atom is -0.481 e. The second kappa shape index (κ2) is 9.07. The predicted molar refractivity (Wildman–Crippen MR) is 98.5 cm³/mol. The van der Waals surface area contributed by atoms with Crippen LogP contribution in [0.15, 0.2) is 24.3 Å². The largest absolute Gasteiger partial charge is 0.481 e. The average Bonchev–Trinajstić information content (AvgIpc) is 2.57. The summed E-state index contributed by atoms with van der Waals surface area (Å²) in [7, 11) is 0. The van der Waals surface area contributed by atoms with Crippen LogP contribution < -0.4 is 10.1 Å². The number of nitrogens with one attached hydrogen (secondary N) is 1. The fourth-order valence-electron chi connectivity index (χ4n) is 3.24. The van der Waals surface area contributed by atoms with Gasteiger partial charge in [-0.3, -0.25) is 4.79 Å². The van der Waals surface area contributed by atoms with E-state index in [1.165, 1.54) is 6.42 Å². The van der Waals surface area contributed by atoms with Crippen LogP contribution in [0.1, 0.15) is 58.4 Å². The molecule has 0 aliphatic carbocycles. The van der Waals surface area contributed by atoms with Crippen LogP contribution in [0.3, 0.4) is 0 Å². The Morgan fingerprint density at radius 3 is 2.54 bits per heavy atom. The number of piperidine rings is 1. The van der Waals surface area contributed by atoms with Crippen LogP contribution >= 0.6 is 0 Å². The van der Waals surface area contributed by atoms with Crippen LogP contribution in [0.4, 0.5) is 0 Å². The van der Waals surface area contributed by atoms with Gasteiger partial charge in [-0.25, -0.2) is 0 Å². The zero-order valence-corrected chi connectivity index (χ0v) is 15.5. The molecule has 1 atom stereocenters. The molecule has 2 rings (SSSR count). The third-order valence-electron chi connectivity index (χ3n) is 4.69. The minimum atomic E-state index is -0.474. The number of amides is 1. The van der Waals surface area contributed by atoms with E-state index in [9.17, 15) is 4.79 Å². The number of rotatable bonds is 7. The SMILES string of the molecule is CCCN1CCC(NC(=O)[C@@H](C)Oc2ccccc2C(C)C)CC1. The summed E-state index contributed by atoms with van der Waals surface area (Å²) in [5.41, 5.74) is 1.14. The first-order valence-corrected chi connectivity index (χ1v) is 9.29. The van der Waals surface area contributed by atoms with Crippen molar-refractivity contribution in [2.24, 2.45) is 0 Å². The van der Waals surface area contributed by atoms with Gasteiger partial charge in [-0.15, -0.1) is 0 Å². The maximum absolute atomic E-state index is 12.5. The van der Waals surface area contributed by atoms with Crippen molar-refractivity contribution in [2.45, 2.75) is 65.0 Å². The third-order valence-corrected chi connectivity index (χ3v) is 4.69. The van der Waals surface area contributed by atoms with Gasteiger partial charge in [-0.2, -0.15) is 0 Å². The highest BCUT2D eigenvalue weighted by Gasteiger charge is 2.23.